The van der Waals surface area contributed by atoms with Crippen LogP contribution in [0, 0.1) is 23.3 Å². The zero-order chi connectivity index (χ0) is 20.6. The molecular formula is C21H16F4N4. The summed E-state index contributed by atoms with van der Waals surface area (Å²) in [7, 11) is 0. The number of rotatable bonds is 3. The summed E-state index contributed by atoms with van der Waals surface area (Å²) in [5.41, 5.74) is 7.19. The molecule has 4 nitrogen and oxygen atoms in total. The van der Waals surface area contributed by atoms with Crippen molar-refractivity contribution in [3.63, 3.8) is 0 Å². The molecule has 3 aromatic carbocycles. The number of hydrogen-bond acceptors (Lipinski definition) is 4. The van der Waals surface area contributed by atoms with Gasteiger partial charge >= 0.3 is 0 Å². The van der Waals surface area contributed by atoms with Gasteiger partial charge in [-0.15, -0.1) is 0 Å². The Morgan fingerprint density at radius 1 is 0.931 bits per heavy atom. The predicted octanol–water partition coefficient (Wildman–Crippen LogP) is 4.71. The lowest BCUT2D eigenvalue weighted by atomic mass is 9.96. The van der Waals surface area contributed by atoms with Gasteiger partial charge in [0.05, 0.1) is 11.4 Å². The van der Waals surface area contributed by atoms with E-state index >= 15 is 0 Å². The molecule has 0 saturated heterocycles. The lowest BCUT2D eigenvalue weighted by molar-refractivity contribution is 0.448. The number of hydrogen-bond donors (Lipinski definition) is 3. The van der Waals surface area contributed by atoms with Crippen LogP contribution in [0.2, 0.25) is 0 Å². The largest absolute Gasteiger partial charge is 0.359 e. The SMILES string of the molecule is NC1(Cc2ccc(F)cc2)Nc2ccccc2N=C1Nc1cc(F)c(F)c(F)c1. The van der Waals surface area contributed by atoms with Crippen molar-refractivity contribution >= 4 is 22.9 Å². The van der Waals surface area contributed by atoms with Crippen LogP contribution in [0.4, 0.5) is 34.6 Å². The van der Waals surface area contributed by atoms with E-state index in [1.165, 1.54) is 12.1 Å². The molecule has 0 aliphatic carbocycles. The molecule has 0 aromatic heterocycles. The normalized spacial score (nSPS) is 17.9. The predicted molar refractivity (Wildman–Crippen MR) is 104 cm³/mol. The molecule has 1 aliphatic rings. The lowest BCUT2D eigenvalue weighted by Crippen LogP contribution is -2.60. The van der Waals surface area contributed by atoms with E-state index < -0.39 is 23.1 Å². The maximum Gasteiger partial charge on any atom is 0.194 e. The van der Waals surface area contributed by atoms with Crippen molar-refractivity contribution in [3.05, 3.63) is 89.5 Å². The Morgan fingerprint density at radius 3 is 2.28 bits per heavy atom. The maximum absolute atomic E-state index is 13.6. The average molecular weight is 400 g/mol. The zero-order valence-corrected chi connectivity index (χ0v) is 15.0. The molecule has 1 atom stereocenters. The second-order valence-corrected chi connectivity index (χ2v) is 6.76. The Bertz CT molecular complexity index is 1080. The van der Waals surface area contributed by atoms with Crippen molar-refractivity contribution in [3.8, 4) is 0 Å². The number of aliphatic imine (C=N–C) groups is 1. The van der Waals surface area contributed by atoms with Crippen LogP contribution in [-0.2, 0) is 6.42 Å². The van der Waals surface area contributed by atoms with E-state index in [1.807, 2.05) is 6.07 Å². The highest BCUT2D eigenvalue weighted by molar-refractivity contribution is 6.08. The van der Waals surface area contributed by atoms with Crippen LogP contribution in [0.1, 0.15) is 5.56 Å². The minimum absolute atomic E-state index is 0.0461. The number of anilines is 2. The Labute approximate surface area is 164 Å². The molecule has 0 bridgehead atoms. The van der Waals surface area contributed by atoms with Crippen LogP contribution < -0.4 is 16.4 Å². The van der Waals surface area contributed by atoms with Gasteiger partial charge in [-0.25, -0.2) is 22.6 Å². The fourth-order valence-electron chi connectivity index (χ4n) is 3.15. The summed E-state index contributed by atoms with van der Waals surface area (Å²) in [6.45, 7) is 0. The maximum atomic E-state index is 13.6. The average Bonchev–Trinajstić information content (AvgIpc) is 2.68. The van der Waals surface area contributed by atoms with Crippen LogP contribution in [0.15, 0.2) is 65.7 Å². The molecule has 1 unspecified atom stereocenters. The van der Waals surface area contributed by atoms with Gasteiger partial charge in [0.25, 0.3) is 0 Å². The van der Waals surface area contributed by atoms with Gasteiger partial charge < -0.3 is 16.4 Å². The van der Waals surface area contributed by atoms with Crippen molar-refractivity contribution < 1.29 is 17.6 Å². The van der Waals surface area contributed by atoms with E-state index in [2.05, 4.69) is 15.6 Å². The summed E-state index contributed by atoms with van der Waals surface area (Å²) >= 11 is 0. The Balaban J connectivity index is 1.74. The molecule has 0 saturated carbocycles. The fraction of sp³-hybridized carbons (Fsp3) is 0.0952. The van der Waals surface area contributed by atoms with Gasteiger partial charge in [-0.05, 0) is 29.8 Å². The topological polar surface area (TPSA) is 62.4 Å². The third-order valence-electron chi connectivity index (χ3n) is 4.56. The molecule has 1 heterocycles. The molecule has 0 amide bonds. The first-order valence-corrected chi connectivity index (χ1v) is 8.75. The summed E-state index contributed by atoms with van der Waals surface area (Å²) in [6, 6.07) is 14.5. The highest BCUT2D eigenvalue weighted by atomic mass is 19.2. The number of nitrogens with two attached hydrogens (primary N) is 1. The van der Waals surface area contributed by atoms with Crippen molar-refractivity contribution in [2.24, 2.45) is 10.7 Å². The molecule has 4 rings (SSSR count). The molecule has 0 radical (unpaired) electrons. The first kappa shape index (κ1) is 18.9. The number of para-hydroxylation sites is 2. The summed E-state index contributed by atoms with van der Waals surface area (Å²) < 4.78 is 53.8. The monoisotopic (exact) mass is 400 g/mol. The second kappa shape index (κ2) is 7.21. The third-order valence-corrected chi connectivity index (χ3v) is 4.56. The van der Waals surface area contributed by atoms with Crippen LogP contribution in [0.5, 0.6) is 0 Å². The second-order valence-electron chi connectivity index (χ2n) is 6.76. The van der Waals surface area contributed by atoms with Crippen molar-refractivity contribution in [2.75, 3.05) is 10.6 Å². The van der Waals surface area contributed by atoms with Crippen molar-refractivity contribution in [2.45, 2.75) is 12.1 Å². The minimum atomic E-state index is -1.56. The summed E-state index contributed by atoms with van der Waals surface area (Å²) in [5, 5.41) is 5.97. The van der Waals surface area contributed by atoms with E-state index in [4.69, 9.17) is 5.73 Å². The summed E-state index contributed by atoms with van der Waals surface area (Å²) in [4.78, 5) is 4.49. The zero-order valence-electron chi connectivity index (χ0n) is 15.0. The fourth-order valence-corrected chi connectivity index (χ4v) is 3.15. The summed E-state index contributed by atoms with van der Waals surface area (Å²) in [6.07, 6.45) is 0.194. The van der Waals surface area contributed by atoms with Gasteiger partial charge in [0.1, 0.15) is 17.3 Å². The quantitative estimate of drug-likeness (QED) is 0.441. The van der Waals surface area contributed by atoms with Gasteiger partial charge in [-0.1, -0.05) is 24.3 Å². The number of amidine groups is 1. The van der Waals surface area contributed by atoms with Crippen molar-refractivity contribution in [1.82, 2.24) is 0 Å². The molecule has 0 spiro atoms. The molecule has 8 heteroatoms. The Morgan fingerprint density at radius 2 is 1.59 bits per heavy atom. The van der Waals surface area contributed by atoms with Crippen LogP contribution in [0.3, 0.4) is 0 Å². The van der Waals surface area contributed by atoms with E-state index in [0.717, 1.165) is 12.1 Å². The van der Waals surface area contributed by atoms with E-state index in [0.29, 0.717) is 16.9 Å². The summed E-state index contributed by atoms with van der Waals surface area (Å²) in [5.74, 6) is -4.44. The van der Waals surface area contributed by atoms with E-state index in [-0.39, 0.29) is 23.8 Å². The number of nitrogens with zero attached hydrogens (tertiary/aromatic N) is 1. The molecule has 1 aliphatic heterocycles. The van der Waals surface area contributed by atoms with Gasteiger partial charge in [0.15, 0.2) is 17.5 Å². The van der Waals surface area contributed by atoms with Crippen LogP contribution >= 0.6 is 0 Å². The number of halogens is 4. The smallest absolute Gasteiger partial charge is 0.194 e. The first-order valence-electron chi connectivity index (χ1n) is 8.75. The molecule has 29 heavy (non-hydrogen) atoms. The highest BCUT2D eigenvalue weighted by Crippen LogP contribution is 2.33. The number of fused-ring (bicyclic) bond motifs is 1. The third kappa shape index (κ3) is 3.79. The highest BCUT2D eigenvalue weighted by Gasteiger charge is 2.36. The molecular weight excluding hydrogens is 384 g/mol. The molecule has 148 valence electrons. The van der Waals surface area contributed by atoms with Gasteiger partial charge in [0.2, 0.25) is 0 Å². The minimum Gasteiger partial charge on any atom is -0.359 e. The molecule has 0 fully saturated rings. The van der Waals surface area contributed by atoms with Gasteiger partial charge in [-0.2, -0.15) is 0 Å². The Kier molecular flexibility index (Phi) is 4.71. The standard InChI is InChI=1S/C21H16F4N4/c22-13-7-5-12(6-8-13)11-21(26)20(28-17-3-1-2-4-18(17)29-21)27-14-9-15(23)19(25)16(24)10-14/h1-10,29H,11,26H2,(H,27,28). The van der Waals surface area contributed by atoms with Crippen molar-refractivity contribution in [1.29, 1.82) is 0 Å². The Hall–Kier alpha value is -3.39. The van der Waals surface area contributed by atoms with Crippen LogP contribution in [-0.4, -0.2) is 11.5 Å². The molecule has 3 aromatic rings. The first-order chi connectivity index (χ1) is 13.8. The molecule has 4 N–H and O–H groups in total. The number of nitrogens with one attached hydrogen (secondary N) is 2. The van der Waals surface area contributed by atoms with Crippen LogP contribution in [0.25, 0.3) is 0 Å². The van der Waals surface area contributed by atoms with Gasteiger partial charge in [0, 0.05) is 24.2 Å². The number of benzene rings is 3. The lowest BCUT2D eigenvalue weighted by Gasteiger charge is -2.37. The van der Waals surface area contributed by atoms with E-state index in [9.17, 15) is 17.6 Å². The van der Waals surface area contributed by atoms with Gasteiger partial charge in [-0.3, -0.25) is 0 Å². The van der Waals surface area contributed by atoms with E-state index in [1.54, 1.807) is 30.3 Å².